The highest BCUT2D eigenvalue weighted by Crippen LogP contribution is 1.96. The Hall–Kier alpha value is -0.600. The van der Waals surface area contributed by atoms with Gasteiger partial charge in [0.1, 0.15) is 0 Å². The molecule has 0 saturated carbocycles. The quantitative estimate of drug-likeness (QED) is 0.384. The van der Waals surface area contributed by atoms with E-state index in [1.807, 2.05) is 0 Å². The van der Waals surface area contributed by atoms with Crippen molar-refractivity contribution in [3.05, 3.63) is 25.3 Å². The molecule has 0 bridgehead atoms. The molecule has 0 spiro atoms. The van der Waals surface area contributed by atoms with Gasteiger partial charge in [-0.2, -0.15) is 0 Å². The van der Waals surface area contributed by atoms with Gasteiger partial charge in [-0.25, -0.2) is 0 Å². The van der Waals surface area contributed by atoms with Crippen LogP contribution in [0.25, 0.3) is 0 Å². The number of rotatable bonds is 10. The van der Waals surface area contributed by atoms with Gasteiger partial charge in [0, 0.05) is 13.2 Å². The van der Waals surface area contributed by atoms with E-state index in [9.17, 15) is 0 Å². The van der Waals surface area contributed by atoms with Crippen LogP contribution in [-0.4, -0.2) is 26.4 Å². The van der Waals surface area contributed by atoms with Crippen molar-refractivity contribution in [1.29, 1.82) is 0 Å². The molecule has 76 valence electrons. The zero-order chi connectivity index (χ0) is 9.78. The molecule has 0 unspecified atom stereocenters. The molecule has 2 heteroatoms. The molecule has 0 fully saturated rings. The van der Waals surface area contributed by atoms with Crippen molar-refractivity contribution in [2.45, 2.75) is 19.3 Å². The molecule has 0 saturated heterocycles. The van der Waals surface area contributed by atoms with E-state index in [-0.39, 0.29) is 0 Å². The topological polar surface area (TPSA) is 18.5 Å². The summed E-state index contributed by atoms with van der Waals surface area (Å²) in [5.41, 5.74) is 0. The highest BCUT2D eigenvalue weighted by molar-refractivity contribution is 4.64. The van der Waals surface area contributed by atoms with Gasteiger partial charge < -0.3 is 9.47 Å². The molecule has 2 nitrogen and oxygen atoms in total. The molecule has 0 aliphatic carbocycles. The Morgan fingerprint density at radius 3 is 1.62 bits per heavy atom. The normalized spacial score (nSPS) is 9.85. The summed E-state index contributed by atoms with van der Waals surface area (Å²) in [5.74, 6) is 0. The van der Waals surface area contributed by atoms with Gasteiger partial charge in [-0.1, -0.05) is 12.2 Å². The Kier molecular flexibility index (Phi) is 10.9. The maximum atomic E-state index is 5.24. The summed E-state index contributed by atoms with van der Waals surface area (Å²) < 4.78 is 10.5. The van der Waals surface area contributed by atoms with Crippen LogP contribution in [0.3, 0.4) is 0 Å². The molecule has 0 amide bonds. The average Bonchev–Trinajstić information content (AvgIpc) is 2.16. The predicted octanol–water partition coefficient (Wildman–Crippen LogP) is 2.56. The Bertz CT molecular complexity index is 107. The Morgan fingerprint density at radius 2 is 1.23 bits per heavy atom. The number of hydrogen-bond donors (Lipinski definition) is 0. The molecule has 0 aromatic rings. The van der Waals surface area contributed by atoms with Crippen LogP contribution < -0.4 is 0 Å². The van der Waals surface area contributed by atoms with E-state index in [1.165, 1.54) is 0 Å². The third-order valence-electron chi connectivity index (χ3n) is 1.55. The first-order valence-electron chi connectivity index (χ1n) is 4.79. The summed E-state index contributed by atoms with van der Waals surface area (Å²) >= 11 is 0. The smallest absolute Gasteiger partial charge is 0.0644 e. The van der Waals surface area contributed by atoms with Gasteiger partial charge in [0.05, 0.1) is 13.2 Å². The van der Waals surface area contributed by atoms with Gasteiger partial charge in [0.15, 0.2) is 0 Å². The van der Waals surface area contributed by atoms with E-state index in [1.54, 1.807) is 12.2 Å². The highest BCUT2D eigenvalue weighted by Gasteiger charge is 1.89. The maximum absolute atomic E-state index is 5.24. The van der Waals surface area contributed by atoms with Crippen molar-refractivity contribution in [1.82, 2.24) is 0 Å². The molecule has 0 aliphatic heterocycles. The molecule has 0 aromatic carbocycles. The van der Waals surface area contributed by atoms with E-state index in [0.717, 1.165) is 32.5 Å². The van der Waals surface area contributed by atoms with Crippen LogP contribution in [0.5, 0.6) is 0 Å². The minimum atomic E-state index is 0.660. The molecule has 0 atom stereocenters. The third kappa shape index (κ3) is 11.4. The van der Waals surface area contributed by atoms with Crippen LogP contribution >= 0.6 is 0 Å². The largest absolute Gasteiger partial charge is 0.377 e. The van der Waals surface area contributed by atoms with Crippen molar-refractivity contribution >= 4 is 0 Å². The van der Waals surface area contributed by atoms with Crippen LogP contribution in [0.1, 0.15) is 19.3 Å². The second-order valence-corrected chi connectivity index (χ2v) is 2.79. The van der Waals surface area contributed by atoms with Crippen molar-refractivity contribution < 1.29 is 9.47 Å². The van der Waals surface area contributed by atoms with Crippen LogP contribution in [0, 0.1) is 0 Å². The molecule has 0 rings (SSSR count). The fraction of sp³-hybridized carbons (Fsp3) is 0.636. The van der Waals surface area contributed by atoms with Gasteiger partial charge in [-0.3, -0.25) is 0 Å². The third-order valence-corrected chi connectivity index (χ3v) is 1.55. The maximum Gasteiger partial charge on any atom is 0.0644 e. The summed E-state index contributed by atoms with van der Waals surface area (Å²) in [6.45, 7) is 10.1. The van der Waals surface area contributed by atoms with E-state index in [2.05, 4.69) is 13.2 Å². The first-order chi connectivity index (χ1) is 6.41. The molecule has 0 heterocycles. The van der Waals surface area contributed by atoms with E-state index in [0.29, 0.717) is 13.2 Å². The monoisotopic (exact) mass is 184 g/mol. The Labute approximate surface area is 81.2 Å². The van der Waals surface area contributed by atoms with E-state index < -0.39 is 0 Å². The SMILES string of the molecule is C=CCOCCCCCOCC=C. The lowest BCUT2D eigenvalue weighted by Crippen LogP contribution is -1.97. The zero-order valence-corrected chi connectivity index (χ0v) is 8.34. The summed E-state index contributed by atoms with van der Waals surface area (Å²) in [4.78, 5) is 0. The summed E-state index contributed by atoms with van der Waals surface area (Å²) in [7, 11) is 0. The molecule has 13 heavy (non-hydrogen) atoms. The molecular formula is C11H20O2. The molecule has 0 aromatic heterocycles. The van der Waals surface area contributed by atoms with Gasteiger partial charge in [0.2, 0.25) is 0 Å². The van der Waals surface area contributed by atoms with Crippen LogP contribution in [0.15, 0.2) is 25.3 Å². The molecule has 0 aliphatic rings. The Morgan fingerprint density at radius 1 is 0.769 bits per heavy atom. The zero-order valence-electron chi connectivity index (χ0n) is 8.34. The molecule has 0 radical (unpaired) electrons. The van der Waals surface area contributed by atoms with Gasteiger partial charge >= 0.3 is 0 Å². The second-order valence-electron chi connectivity index (χ2n) is 2.79. The van der Waals surface area contributed by atoms with Crippen LogP contribution in [-0.2, 0) is 9.47 Å². The second kappa shape index (κ2) is 11.4. The standard InChI is InChI=1S/C11H20O2/c1-3-8-12-10-6-5-7-11-13-9-4-2/h3-4H,1-2,5-11H2. The fourth-order valence-electron chi connectivity index (χ4n) is 0.918. The lowest BCUT2D eigenvalue weighted by molar-refractivity contribution is 0.140. The first-order valence-corrected chi connectivity index (χ1v) is 4.79. The highest BCUT2D eigenvalue weighted by atomic mass is 16.5. The van der Waals surface area contributed by atoms with Gasteiger partial charge in [-0.05, 0) is 19.3 Å². The number of unbranched alkanes of at least 4 members (excludes halogenated alkanes) is 2. The van der Waals surface area contributed by atoms with Crippen molar-refractivity contribution in [3.8, 4) is 0 Å². The predicted molar refractivity (Wildman–Crippen MR) is 55.9 cm³/mol. The van der Waals surface area contributed by atoms with E-state index >= 15 is 0 Å². The van der Waals surface area contributed by atoms with Crippen LogP contribution in [0.4, 0.5) is 0 Å². The van der Waals surface area contributed by atoms with Crippen molar-refractivity contribution in [3.63, 3.8) is 0 Å². The van der Waals surface area contributed by atoms with Crippen LogP contribution in [0.2, 0.25) is 0 Å². The lowest BCUT2D eigenvalue weighted by Gasteiger charge is -2.02. The fourth-order valence-corrected chi connectivity index (χ4v) is 0.918. The first kappa shape index (κ1) is 12.4. The Balaban J connectivity index is 2.83. The molecule has 0 N–H and O–H groups in total. The van der Waals surface area contributed by atoms with E-state index in [4.69, 9.17) is 9.47 Å². The number of hydrogen-bond acceptors (Lipinski definition) is 2. The van der Waals surface area contributed by atoms with Crippen molar-refractivity contribution in [2.24, 2.45) is 0 Å². The minimum Gasteiger partial charge on any atom is -0.377 e. The minimum absolute atomic E-state index is 0.660. The van der Waals surface area contributed by atoms with Gasteiger partial charge in [0.25, 0.3) is 0 Å². The summed E-state index contributed by atoms with van der Waals surface area (Å²) in [5, 5.41) is 0. The summed E-state index contributed by atoms with van der Waals surface area (Å²) in [6, 6.07) is 0. The molecular weight excluding hydrogens is 164 g/mol. The lowest BCUT2D eigenvalue weighted by atomic mass is 10.2. The average molecular weight is 184 g/mol. The van der Waals surface area contributed by atoms with Gasteiger partial charge in [-0.15, -0.1) is 13.2 Å². The summed E-state index contributed by atoms with van der Waals surface area (Å²) in [6.07, 6.45) is 6.91. The number of ether oxygens (including phenoxy) is 2. The van der Waals surface area contributed by atoms with Crippen molar-refractivity contribution in [2.75, 3.05) is 26.4 Å².